The van der Waals surface area contributed by atoms with E-state index in [0.29, 0.717) is 0 Å². The summed E-state index contributed by atoms with van der Waals surface area (Å²) in [7, 11) is 0. The highest BCUT2D eigenvalue weighted by atomic mass is 15.0. The summed E-state index contributed by atoms with van der Waals surface area (Å²) in [6, 6.07) is 62.4. The van der Waals surface area contributed by atoms with Gasteiger partial charge in [0, 0.05) is 16.5 Å². The van der Waals surface area contributed by atoms with Crippen molar-refractivity contribution < 1.29 is 0 Å². The Morgan fingerprint density at radius 3 is 1.33 bits per heavy atom. The van der Waals surface area contributed by atoms with Gasteiger partial charge in [-0.25, -0.2) is 0 Å². The molecule has 234 valence electrons. The molecular formula is C48H37N. The molecule has 0 amide bonds. The highest BCUT2D eigenvalue weighted by molar-refractivity contribution is 6.21. The molecule has 0 saturated heterocycles. The molecule has 0 fully saturated rings. The van der Waals surface area contributed by atoms with Crippen molar-refractivity contribution in [1.82, 2.24) is 4.57 Å². The maximum atomic E-state index is 2.42. The van der Waals surface area contributed by atoms with Gasteiger partial charge in [-0.2, -0.15) is 0 Å². The van der Waals surface area contributed by atoms with Crippen molar-refractivity contribution in [3.05, 3.63) is 175 Å². The minimum Gasteiger partial charge on any atom is -0.309 e. The second-order valence-corrected chi connectivity index (χ2v) is 14.2. The first-order chi connectivity index (χ1) is 24.0. The molecule has 8 aromatic carbocycles. The van der Waals surface area contributed by atoms with E-state index in [1.807, 2.05) is 0 Å². The summed E-state index contributed by atoms with van der Waals surface area (Å²) in [5, 5.41) is 7.66. The summed E-state index contributed by atoms with van der Waals surface area (Å²) in [5.41, 5.74) is 12.6. The summed E-state index contributed by atoms with van der Waals surface area (Å²) in [6.07, 6.45) is 0. The van der Waals surface area contributed by atoms with Gasteiger partial charge in [0.1, 0.15) is 0 Å². The van der Waals surface area contributed by atoms with Crippen molar-refractivity contribution in [3.63, 3.8) is 0 Å². The Labute approximate surface area is 287 Å². The molecule has 49 heavy (non-hydrogen) atoms. The largest absolute Gasteiger partial charge is 0.309 e. The molecule has 0 N–H and O–H groups in total. The minimum absolute atomic E-state index is 0.0890. The molecule has 0 aliphatic carbocycles. The van der Waals surface area contributed by atoms with Crippen molar-refractivity contribution in [3.8, 4) is 39.1 Å². The van der Waals surface area contributed by atoms with E-state index in [2.05, 4.69) is 195 Å². The number of hydrogen-bond acceptors (Lipinski definition) is 0. The van der Waals surface area contributed by atoms with E-state index in [4.69, 9.17) is 0 Å². The molecule has 1 nitrogen and oxygen atoms in total. The van der Waals surface area contributed by atoms with E-state index in [1.165, 1.54) is 88.0 Å². The molecule has 0 atom stereocenters. The third kappa shape index (κ3) is 4.85. The van der Waals surface area contributed by atoms with Crippen LogP contribution >= 0.6 is 0 Å². The predicted octanol–water partition coefficient (Wildman–Crippen LogP) is 13.4. The Balaban J connectivity index is 1.20. The topological polar surface area (TPSA) is 4.93 Å². The predicted molar refractivity (Wildman–Crippen MR) is 211 cm³/mol. The quantitative estimate of drug-likeness (QED) is 0.171. The zero-order valence-corrected chi connectivity index (χ0v) is 28.1. The fourth-order valence-corrected chi connectivity index (χ4v) is 7.71. The Kier molecular flexibility index (Phi) is 6.78. The lowest BCUT2D eigenvalue weighted by Crippen LogP contribution is -2.10. The second kappa shape index (κ2) is 11.4. The first kappa shape index (κ1) is 29.2. The van der Waals surface area contributed by atoms with Crippen molar-refractivity contribution in [2.45, 2.75) is 26.2 Å². The van der Waals surface area contributed by atoms with Gasteiger partial charge in [-0.05, 0) is 96.2 Å². The lowest BCUT2D eigenvalue weighted by Gasteiger charge is -2.19. The van der Waals surface area contributed by atoms with Gasteiger partial charge >= 0.3 is 0 Å². The molecule has 0 spiro atoms. The monoisotopic (exact) mass is 627 g/mol. The van der Waals surface area contributed by atoms with Crippen LogP contribution in [0.15, 0.2) is 170 Å². The summed E-state index contributed by atoms with van der Waals surface area (Å²) < 4.78 is 2.42. The van der Waals surface area contributed by atoms with Gasteiger partial charge in [-0.15, -0.1) is 0 Å². The zero-order chi connectivity index (χ0) is 33.1. The van der Waals surface area contributed by atoms with Crippen LogP contribution in [0, 0.1) is 0 Å². The molecule has 0 saturated carbocycles. The van der Waals surface area contributed by atoms with E-state index in [-0.39, 0.29) is 5.41 Å². The van der Waals surface area contributed by atoms with Crippen molar-refractivity contribution in [1.29, 1.82) is 0 Å². The van der Waals surface area contributed by atoms with Gasteiger partial charge in [0.25, 0.3) is 0 Å². The van der Waals surface area contributed by atoms with Gasteiger partial charge in [-0.1, -0.05) is 160 Å². The van der Waals surface area contributed by atoms with Crippen LogP contribution in [0.3, 0.4) is 0 Å². The van der Waals surface area contributed by atoms with E-state index >= 15 is 0 Å². The smallest absolute Gasteiger partial charge is 0.0541 e. The fourth-order valence-electron chi connectivity index (χ4n) is 7.71. The lowest BCUT2D eigenvalue weighted by molar-refractivity contribution is 0.591. The molecule has 0 aliphatic heterocycles. The Morgan fingerprint density at radius 2 is 0.776 bits per heavy atom. The number of benzene rings is 8. The van der Waals surface area contributed by atoms with E-state index in [9.17, 15) is 0 Å². The van der Waals surface area contributed by atoms with Crippen LogP contribution in [-0.4, -0.2) is 4.57 Å². The molecule has 1 heteroatoms. The van der Waals surface area contributed by atoms with E-state index in [1.54, 1.807) is 0 Å². The first-order valence-electron chi connectivity index (χ1n) is 17.2. The van der Waals surface area contributed by atoms with Crippen LogP contribution in [0.2, 0.25) is 0 Å². The van der Waals surface area contributed by atoms with Crippen molar-refractivity contribution in [2.24, 2.45) is 0 Å². The molecule has 0 unspecified atom stereocenters. The average molecular weight is 628 g/mol. The van der Waals surface area contributed by atoms with Crippen LogP contribution in [0.4, 0.5) is 0 Å². The normalized spacial score (nSPS) is 12.0. The first-order valence-corrected chi connectivity index (χ1v) is 17.2. The summed E-state index contributed by atoms with van der Waals surface area (Å²) in [6.45, 7) is 6.86. The molecule has 1 heterocycles. The number of fused-ring (bicyclic) bond motifs is 5. The summed E-state index contributed by atoms with van der Waals surface area (Å²) in [4.78, 5) is 0. The fraction of sp³-hybridized carbons (Fsp3) is 0.0833. The van der Waals surface area contributed by atoms with Crippen LogP contribution in [0.25, 0.3) is 82.4 Å². The maximum absolute atomic E-state index is 2.42. The Hall–Kier alpha value is -5.92. The number of nitrogens with zero attached hydrogens (tertiary/aromatic N) is 1. The number of aromatic nitrogens is 1. The van der Waals surface area contributed by atoms with Crippen LogP contribution in [0.5, 0.6) is 0 Å². The number of rotatable bonds is 4. The summed E-state index contributed by atoms with van der Waals surface area (Å²) >= 11 is 0. The lowest BCUT2D eigenvalue weighted by atomic mass is 9.85. The van der Waals surface area contributed by atoms with E-state index < -0.39 is 0 Å². The van der Waals surface area contributed by atoms with Gasteiger partial charge in [0.05, 0.1) is 11.0 Å². The number of para-hydroxylation sites is 1. The Bertz CT molecular complexity index is 2590. The van der Waals surface area contributed by atoms with Crippen LogP contribution in [0.1, 0.15) is 26.3 Å². The highest BCUT2D eigenvalue weighted by Gasteiger charge is 2.19. The third-order valence-electron chi connectivity index (χ3n) is 10.2. The van der Waals surface area contributed by atoms with Gasteiger partial charge < -0.3 is 4.57 Å². The third-order valence-corrected chi connectivity index (χ3v) is 10.2. The molecule has 9 aromatic rings. The van der Waals surface area contributed by atoms with Gasteiger partial charge in [0.15, 0.2) is 0 Å². The molecule has 0 aliphatic rings. The van der Waals surface area contributed by atoms with Crippen LogP contribution in [-0.2, 0) is 5.41 Å². The average Bonchev–Trinajstić information content (AvgIpc) is 3.48. The second-order valence-electron chi connectivity index (χ2n) is 14.2. The molecule has 0 radical (unpaired) electrons. The molecule has 9 rings (SSSR count). The molecule has 1 aromatic heterocycles. The van der Waals surface area contributed by atoms with Gasteiger partial charge in [0.2, 0.25) is 0 Å². The SMILES string of the molecule is CC(C)(C)c1ccc2c(c1)c1ccccc1n2-c1ccc(-c2c3ccccc3c(-c3ccc(-c4ccccc4)cc3)c3ccccc23)cc1. The molecule has 0 bridgehead atoms. The van der Waals surface area contributed by atoms with Crippen molar-refractivity contribution in [2.75, 3.05) is 0 Å². The van der Waals surface area contributed by atoms with Gasteiger partial charge in [-0.3, -0.25) is 0 Å². The number of hydrogen-bond donors (Lipinski definition) is 0. The maximum Gasteiger partial charge on any atom is 0.0541 e. The van der Waals surface area contributed by atoms with Crippen molar-refractivity contribution >= 4 is 43.4 Å². The zero-order valence-electron chi connectivity index (χ0n) is 28.1. The molecular weight excluding hydrogens is 591 g/mol. The van der Waals surface area contributed by atoms with Crippen LogP contribution < -0.4 is 0 Å². The Morgan fingerprint density at radius 1 is 0.347 bits per heavy atom. The summed E-state index contributed by atoms with van der Waals surface area (Å²) in [5.74, 6) is 0. The minimum atomic E-state index is 0.0890. The highest BCUT2D eigenvalue weighted by Crippen LogP contribution is 2.44. The van der Waals surface area contributed by atoms with E-state index in [0.717, 1.165) is 0 Å². The standard InChI is InChI=1S/C48H37N/c1-48(2,3)36-27-30-45-43(31-36)38-15-11-12-20-44(38)49(45)37-28-25-35(26-29-37)47-41-18-9-7-16-39(41)46(40-17-8-10-19-42(40)47)34-23-21-33(22-24-34)32-13-5-4-6-14-32/h4-31H,1-3H3.